The van der Waals surface area contributed by atoms with Crippen molar-refractivity contribution in [2.24, 2.45) is 11.8 Å². The maximum absolute atomic E-state index is 11.8. The van der Waals surface area contributed by atoms with Gasteiger partial charge in [-0.3, -0.25) is 0 Å². The first kappa shape index (κ1) is 12.5. The summed E-state index contributed by atoms with van der Waals surface area (Å²) in [7, 11) is 0. The molecule has 2 aliphatic heterocycles. The minimum absolute atomic E-state index is 0.478. The van der Waals surface area contributed by atoms with Crippen molar-refractivity contribution in [3.63, 3.8) is 0 Å². The minimum Gasteiger partial charge on any atom is -0.478 e. The normalized spacial score (nSPS) is 30.6. The van der Waals surface area contributed by atoms with E-state index in [0.29, 0.717) is 23.3 Å². The topological polar surface area (TPSA) is 40.5 Å². The van der Waals surface area contributed by atoms with Crippen molar-refractivity contribution < 1.29 is 9.90 Å². The summed E-state index contributed by atoms with van der Waals surface area (Å²) in [6.45, 7) is 2.14. The number of fused-ring (bicyclic) bond motifs is 4. The molecule has 0 radical (unpaired) electrons. The number of hydrogen-bond acceptors (Lipinski definition) is 2. The summed E-state index contributed by atoms with van der Waals surface area (Å²) in [5.41, 5.74) is 5.37. The van der Waals surface area contributed by atoms with Crippen molar-refractivity contribution in [2.45, 2.75) is 25.2 Å². The number of aromatic carboxylic acids is 1. The fourth-order valence-electron chi connectivity index (χ4n) is 5.00. The molecule has 5 rings (SSSR count). The predicted octanol–water partition coefficient (Wildman–Crippen LogP) is 3.67. The number of carboxylic acid groups (broad SMARTS) is 1. The molecule has 2 aliphatic carbocycles. The molecule has 0 fully saturated rings. The zero-order valence-corrected chi connectivity index (χ0v) is 12.5. The van der Waals surface area contributed by atoms with Gasteiger partial charge in [0.15, 0.2) is 0 Å². The molecule has 0 bridgehead atoms. The highest BCUT2D eigenvalue weighted by molar-refractivity contribution is 6.00. The number of carbonyl (C=O) groups is 1. The van der Waals surface area contributed by atoms with E-state index in [-0.39, 0.29) is 0 Å². The Labute approximate surface area is 129 Å². The molecule has 1 N–H and O–H groups in total. The Balaban J connectivity index is 1.80. The minimum atomic E-state index is -0.796. The highest BCUT2D eigenvalue weighted by atomic mass is 16.4. The van der Waals surface area contributed by atoms with E-state index in [1.165, 1.54) is 23.2 Å². The average molecular weight is 293 g/mol. The highest BCUT2D eigenvalue weighted by Gasteiger charge is 2.42. The van der Waals surface area contributed by atoms with Gasteiger partial charge in [0.25, 0.3) is 0 Å². The summed E-state index contributed by atoms with van der Waals surface area (Å²) < 4.78 is 0. The van der Waals surface area contributed by atoms with Crippen molar-refractivity contribution >= 4 is 17.2 Å². The molecule has 2 heterocycles. The largest absolute Gasteiger partial charge is 0.478 e. The Morgan fingerprint density at radius 2 is 2.18 bits per heavy atom. The summed E-state index contributed by atoms with van der Waals surface area (Å²) in [4.78, 5) is 14.2. The number of carboxylic acids is 1. The summed E-state index contributed by atoms with van der Waals surface area (Å²) >= 11 is 0. The second-order valence-electron chi connectivity index (χ2n) is 7.02. The quantitative estimate of drug-likeness (QED) is 0.803. The third-order valence-corrected chi connectivity index (χ3v) is 5.91. The van der Waals surface area contributed by atoms with E-state index in [0.717, 1.165) is 31.5 Å². The number of anilines is 1. The number of nitrogens with zero attached hydrogens (tertiary/aromatic N) is 1. The van der Waals surface area contributed by atoms with E-state index in [2.05, 4.69) is 29.2 Å². The molecule has 0 unspecified atom stereocenters. The molecule has 0 amide bonds. The maximum Gasteiger partial charge on any atom is 0.336 e. The highest BCUT2D eigenvalue weighted by Crippen LogP contribution is 2.53. The molecule has 0 spiro atoms. The van der Waals surface area contributed by atoms with Gasteiger partial charge >= 0.3 is 5.97 Å². The van der Waals surface area contributed by atoms with Gasteiger partial charge in [-0.15, -0.1) is 0 Å². The van der Waals surface area contributed by atoms with Gasteiger partial charge in [0, 0.05) is 36.2 Å². The molecular weight excluding hydrogens is 274 g/mol. The van der Waals surface area contributed by atoms with Crippen LogP contribution in [-0.4, -0.2) is 24.2 Å². The molecule has 3 nitrogen and oxygen atoms in total. The number of hydrogen-bond donors (Lipinski definition) is 1. The maximum atomic E-state index is 11.8. The van der Waals surface area contributed by atoms with Gasteiger partial charge < -0.3 is 10.0 Å². The smallest absolute Gasteiger partial charge is 0.336 e. The van der Waals surface area contributed by atoms with Crippen LogP contribution in [0.4, 0.5) is 5.69 Å². The molecule has 3 heteroatoms. The summed E-state index contributed by atoms with van der Waals surface area (Å²) in [6.07, 6.45) is 10.3. The lowest BCUT2D eigenvalue weighted by Gasteiger charge is -2.45. The second-order valence-corrected chi connectivity index (χ2v) is 7.02. The Kier molecular flexibility index (Phi) is 2.42. The van der Waals surface area contributed by atoms with Gasteiger partial charge in [0.2, 0.25) is 0 Å². The van der Waals surface area contributed by atoms with Crippen LogP contribution in [0.1, 0.15) is 46.7 Å². The van der Waals surface area contributed by atoms with Gasteiger partial charge in [-0.2, -0.15) is 0 Å². The zero-order chi connectivity index (χ0) is 14.8. The van der Waals surface area contributed by atoms with Crippen LogP contribution in [0.5, 0.6) is 0 Å². The summed E-state index contributed by atoms with van der Waals surface area (Å²) in [5, 5.41) is 9.66. The standard InChI is InChI=1S/C19H19NO2/c21-19(22)16-8-7-15-13-5-1-3-11(13)9-20-10-12-4-2-6-14(12)17(16)18(15)20/h1,5-8,11-13H,2-4,9-10H2,(H,21,22)/t11-,12+,13-/m0/s1. The fraction of sp³-hybridized carbons (Fsp3) is 0.421. The van der Waals surface area contributed by atoms with Crippen LogP contribution in [0.15, 0.2) is 30.4 Å². The summed E-state index contributed by atoms with van der Waals surface area (Å²) in [6, 6.07) is 3.91. The van der Waals surface area contributed by atoms with Gasteiger partial charge in [-0.05, 0) is 42.4 Å². The van der Waals surface area contributed by atoms with Gasteiger partial charge in [-0.1, -0.05) is 24.3 Å². The lowest BCUT2D eigenvalue weighted by atomic mass is 9.76. The summed E-state index contributed by atoms with van der Waals surface area (Å²) in [5.74, 6) is 0.872. The van der Waals surface area contributed by atoms with E-state index in [4.69, 9.17) is 0 Å². The molecule has 22 heavy (non-hydrogen) atoms. The SMILES string of the molecule is O=C(O)c1ccc2c3c1C1=CCC[C@@H]1CN3C[C@@H]1CC=C[C@H]21. The molecule has 4 aliphatic rings. The zero-order valence-electron chi connectivity index (χ0n) is 12.5. The van der Waals surface area contributed by atoms with Crippen LogP contribution in [-0.2, 0) is 0 Å². The molecule has 0 saturated heterocycles. The van der Waals surface area contributed by atoms with Crippen LogP contribution < -0.4 is 4.90 Å². The third-order valence-electron chi connectivity index (χ3n) is 5.91. The van der Waals surface area contributed by atoms with Crippen molar-refractivity contribution in [1.82, 2.24) is 0 Å². The molecule has 1 aromatic rings. The van der Waals surface area contributed by atoms with Crippen LogP contribution in [0.3, 0.4) is 0 Å². The van der Waals surface area contributed by atoms with Crippen molar-refractivity contribution in [3.05, 3.63) is 47.1 Å². The van der Waals surface area contributed by atoms with E-state index in [1.54, 1.807) is 0 Å². The fourth-order valence-corrected chi connectivity index (χ4v) is 5.00. The molecule has 112 valence electrons. The van der Waals surface area contributed by atoms with Crippen LogP contribution in [0.2, 0.25) is 0 Å². The predicted molar refractivity (Wildman–Crippen MR) is 86.3 cm³/mol. The first-order valence-corrected chi connectivity index (χ1v) is 8.26. The monoisotopic (exact) mass is 293 g/mol. The Hall–Kier alpha value is -2.03. The number of benzene rings is 1. The first-order valence-electron chi connectivity index (χ1n) is 8.26. The Bertz CT molecular complexity index is 746. The first-order chi connectivity index (χ1) is 10.7. The lowest BCUT2D eigenvalue weighted by Crippen LogP contribution is -2.42. The van der Waals surface area contributed by atoms with Crippen molar-refractivity contribution in [3.8, 4) is 0 Å². The Morgan fingerprint density at radius 1 is 1.27 bits per heavy atom. The van der Waals surface area contributed by atoms with Gasteiger partial charge in [-0.25, -0.2) is 4.79 Å². The van der Waals surface area contributed by atoms with Crippen molar-refractivity contribution in [1.29, 1.82) is 0 Å². The van der Waals surface area contributed by atoms with Gasteiger partial charge in [0.1, 0.15) is 0 Å². The van der Waals surface area contributed by atoms with Gasteiger partial charge in [0.05, 0.1) is 5.56 Å². The number of rotatable bonds is 1. The van der Waals surface area contributed by atoms with Crippen LogP contribution in [0, 0.1) is 11.8 Å². The Morgan fingerprint density at radius 3 is 3.05 bits per heavy atom. The van der Waals surface area contributed by atoms with E-state index >= 15 is 0 Å². The lowest BCUT2D eigenvalue weighted by molar-refractivity contribution is 0.0696. The van der Waals surface area contributed by atoms with Crippen molar-refractivity contribution in [2.75, 3.05) is 18.0 Å². The van der Waals surface area contributed by atoms with E-state index in [1.807, 2.05) is 6.07 Å². The van der Waals surface area contributed by atoms with E-state index < -0.39 is 5.97 Å². The number of allylic oxidation sites excluding steroid dienone is 3. The second kappa shape index (κ2) is 4.25. The molecule has 0 saturated carbocycles. The van der Waals surface area contributed by atoms with E-state index in [9.17, 15) is 9.90 Å². The van der Waals surface area contributed by atoms with Crippen LogP contribution in [0.25, 0.3) is 5.57 Å². The molecule has 1 aromatic carbocycles. The van der Waals surface area contributed by atoms with Crippen LogP contribution >= 0.6 is 0 Å². The average Bonchev–Trinajstić information content (AvgIpc) is 3.15. The molecule has 0 aromatic heterocycles. The third kappa shape index (κ3) is 1.49. The molecule has 3 atom stereocenters. The molecular formula is C19H19NO2.